The average Bonchev–Trinajstić information content (AvgIpc) is 3.02. The number of carboxylic acid groups (broad SMARTS) is 1. The molecule has 2 N–H and O–H groups in total. The summed E-state index contributed by atoms with van der Waals surface area (Å²) < 4.78 is 6.97. The lowest BCUT2D eigenvalue weighted by Crippen LogP contribution is -2.57. The van der Waals surface area contributed by atoms with Crippen LogP contribution in [0.1, 0.15) is 28.9 Å². The number of aliphatic carboxylic acids is 1. The number of hydrogen-bond acceptors (Lipinski definition) is 4. The zero-order valence-corrected chi connectivity index (χ0v) is 13.4. The Morgan fingerprint density at radius 2 is 1.88 bits per heavy atom. The van der Waals surface area contributed by atoms with Crippen LogP contribution in [0, 0.1) is 6.92 Å². The summed E-state index contributed by atoms with van der Waals surface area (Å²) in [5.41, 5.74) is 0.982. The molecule has 1 aliphatic rings. The summed E-state index contributed by atoms with van der Waals surface area (Å²) in [6, 6.07) is 8.79. The predicted molar refractivity (Wildman–Crippen MR) is 86.2 cm³/mol. The van der Waals surface area contributed by atoms with Crippen LogP contribution >= 0.6 is 0 Å². The normalized spacial score (nSPS) is 16.5. The van der Waals surface area contributed by atoms with E-state index in [0.29, 0.717) is 18.8 Å². The number of benzene rings is 1. The molecule has 7 heteroatoms. The summed E-state index contributed by atoms with van der Waals surface area (Å²) in [5, 5.41) is 16.4. The fourth-order valence-electron chi connectivity index (χ4n) is 2.80. The van der Waals surface area contributed by atoms with Gasteiger partial charge >= 0.3 is 5.97 Å². The van der Waals surface area contributed by atoms with E-state index in [1.54, 1.807) is 35.1 Å². The van der Waals surface area contributed by atoms with Gasteiger partial charge in [-0.05, 0) is 37.3 Å². The van der Waals surface area contributed by atoms with Crippen molar-refractivity contribution in [1.82, 2.24) is 15.1 Å². The molecule has 2 aromatic rings. The SMILES string of the molecule is Cc1ccnn1-c1ccc(C(=O)NC2(C(=O)O)CCOCC2)cc1. The van der Waals surface area contributed by atoms with Crippen molar-refractivity contribution >= 4 is 11.9 Å². The predicted octanol–water partition coefficient (Wildman–Crippen LogP) is 1.54. The number of nitrogens with zero attached hydrogens (tertiary/aromatic N) is 2. The smallest absolute Gasteiger partial charge is 0.329 e. The Morgan fingerprint density at radius 1 is 1.21 bits per heavy atom. The van der Waals surface area contributed by atoms with E-state index >= 15 is 0 Å². The second kappa shape index (κ2) is 6.45. The number of hydrogen-bond donors (Lipinski definition) is 2. The van der Waals surface area contributed by atoms with Gasteiger partial charge in [-0.25, -0.2) is 9.48 Å². The van der Waals surface area contributed by atoms with Crippen LogP contribution in [0.5, 0.6) is 0 Å². The van der Waals surface area contributed by atoms with Crippen molar-refractivity contribution in [2.75, 3.05) is 13.2 Å². The van der Waals surface area contributed by atoms with Gasteiger partial charge in [0.2, 0.25) is 0 Å². The van der Waals surface area contributed by atoms with Crippen molar-refractivity contribution in [3.8, 4) is 5.69 Å². The Morgan fingerprint density at radius 3 is 2.42 bits per heavy atom. The van der Waals surface area contributed by atoms with E-state index in [2.05, 4.69) is 10.4 Å². The number of aryl methyl sites for hydroxylation is 1. The zero-order chi connectivity index (χ0) is 17.2. The number of rotatable bonds is 4. The van der Waals surface area contributed by atoms with Crippen LogP contribution in [0.4, 0.5) is 0 Å². The Labute approximate surface area is 139 Å². The number of nitrogens with one attached hydrogen (secondary N) is 1. The maximum Gasteiger partial charge on any atom is 0.329 e. The van der Waals surface area contributed by atoms with Gasteiger partial charge in [-0.2, -0.15) is 5.10 Å². The molecule has 3 rings (SSSR count). The third kappa shape index (κ3) is 3.03. The molecule has 24 heavy (non-hydrogen) atoms. The molecule has 1 aliphatic heterocycles. The molecule has 0 saturated carbocycles. The van der Waals surface area contributed by atoms with Gasteiger partial charge in [-0.1, -0.05) is 0 Å². The Hall–Kier alpha value is -2.67. The van der Waals surface area contributed by atoms with Crippen molar-refractivity contribution < 1.29 is 19.4 Å². The third-order valence-electron chi connectivity index (χ3n) is 4.31. The van der Waals surface area contributed by atoms with Crippen LogP contribution in [0.2, 0.25) is 0 Å². The van der Waals surface area contributed by atoms with E-state index in [0.717, 1.165) is 11.4 Å². The lowest BCUT2D eigenvalue weighted by atomic mass is 9.89. The van der Waals surface area contributed by atoms with Gasteiger partial charge in [-0.3, -0.25) is 4.79 Å². The van der Waals surface area contributed by atoms with E-state index in [1.165, 1.54) is 0 Å². The van der Waals surface area contributed by atoms with E-state index in [1.807, 2.05) is 13.0 Å². The van der Waals surface area contributed by atoms with Gasteiger partial charge < -0.3 is 15.2 Å². The monoisotopic (exact) mass is 329 g/mol. The zero-order valence-electron chi connectivity index (χ0n) is 13.4. The number of carbonyl (C=O) groups excluding carboxylic acids is 1. The molecule has 7 nitrogen and oxygen atoms in total. The van der Waals surface area contributed by atoms with Gasteiger partial charge in [0.05, 0.1) is 5.69 Å². The summed E-state index contributed by atoms with van der Waals surface area (Å²) in [7, 11) is 0. The number of carbonyl (C=O) groups is 2. The van der Waals surface area contributed by atoms with Crippen LogP contribution in [0.3, 0.4) is 0 Å². The quantitative estimate of drug-likeness (QED) is 0.887. The van der Waals surface area contributed by atoms with Crippen LogP contribution in [-0.2, 0) is 9.53 Å². The van der Waals surface area contributed by atoms with Gasteiger partial charge in [0.1, 0.15) is 5.54 Å². The highest BCUT2D eigenvalue weighted by Crippen LogP contribution is 2.22. The van der Waals surface area contributed by atoms with E-state index < -0.39 is 17.4 Å². The average molecular weight is 329 g/mol. The van der Waals surface area contributed by atoms with Crippen molar-refractivity contribution in [3.63, 3.8) is 0 Å². The fraction of sp³-hybridized carbons (Fsp3) is 0.353. The van der Waals surface area contributed by atoms with Crippen LogP contribution in [0.25, 0.3) is 5.69 Å². The highest BCUT2D eigenvalue weighted by Gasteiger charge is 2.41. The summed E-state index contributed by atoms with van der Waals surface area (Å²) in [5.74, 6) is -1.43. The number of amides is 1. The van der Waals surface area contributed by atoms with Gasteiger partial charge in [0, 0.05) is 43.5 Å². The highest BCUT2D eigenvalue weighted by molar-refractivity contribution is 5.98. The van der Waals surface area contributed by atoms with E-state index in [-0.39, 0.29) is 12.8 Å². The molecule has 0 unspecified atom stereocenters. The Bertz CT molecular complexity index is 745. The topological polar surface area (TPSA) is 93.5 Å². The second-order valence-corrected chi connectivity index (χ2v) is 5.89. The standard InChI is InChI=1S/C17H19N3O4/c1-12-6-9-18-20(12)14-4-2-13(3-5-14)15(21)19-17(16(22)23)7-10-24-11-8-17/h2-6,9H,7-8,10-11H2,1H3,(H,19,21)(H,22,23). The molecule has 1 saturated heterocycles. The molecule has 0 aliphatic carbocycles. The Kier molecular flexibility index (Phi) is 4.35. The minimum absolute atomic E-state index is 0.263. The van der Waals surface area contributed by atoms with Crippen molar-refractivity contribution in [2.24, 2.45) is 0 Å². The minimum atomic E-state index is -1.26. The van der Waals surface area contributed by atoms with Crippen LogP contribution in [0.15, 0.2) is 36.5 Å². The van der Waals surface area contributed by atoms with Gasteiger partial charge in [-0.15, -0.1) is 0 Å². The molecule has 1 aromatic carbocycles. The van der Waals surface area contributed by atoms with Crippen LogP contribution in [-0.4, -0.2) is 45.5 Å². The molecule has 0 radical (unpaired) electrons. The first-order chi connectivity index (χ1) is 11.5. The van der Waals surface area contributed by atoms with Gasteiger partial charge in [0.15, 0.2) is 0 Å². The maximum absolute atomic E-state index is 12.4. The lowest BCUT2D eigenvalue weighted by Gasteiger charge is -2.33. The number of ether oxygens (including phenoxy) is 1. The van der Waals surface area contributed by atoms with E-state index in [9.17, 15) is 14.7 Å². The second-order valence-electron chi connectivity index (χ2n) is 5.89. The molecule has 2 heterocycles. The van der Waals surface area contributed by atoms with Crippen LogP contribution < -0.4 is 5.32 Å². The minimum Gasteiger partial charge on any atom is -0.480 e. The molecule has 0 bridgehead atoms. The van der Waals surface area contributed by atoms with Crippen molar-refractivity contribution in [2.45, 2.75) is 25.3 Å². The molecular weight excluding hydrogens is 310 g/mol. The van der Waals surface area contributed by atoms with Crippen molar-refractivity contribution in [1.29, 1.82) is 0 Å². The summed E-state index contributed by atoms with van der Waals surface area (Å²) in [4.78, 5) is 24.1. The summed E-state index contributed by atoms with van der Waals surface area (Å²) >= 11 is 0. The lowest BCUT2D eigenvalue weighted by molar-refractivity contribution is -0.148. The third-order valence-corrected chi connectivity index (χ3v) is 4.31. The molecule has 1 amide bonds. The first kappa shape index (κ1) is 16.2. The summed E-state index contributed by atoms with van der Waals surface area (Å²) in [6.07, 6.45) is 2.23. The molecular formula is C17H19N3O4. The maximum atomic E-state index is 12.4. The molecule has 1 fully saturated rings. The fourth-order valence-corrected chi connectivity index (χ4v) is 2.80. The first-order valence-corrected chi connectivity index (χ1v) is 7.77. The first-order valence-electron chi connectivity index (χ1n) is 7.77. The Balaban J connectivity index is 1.77. The molecule has 0 atom stereocenters. The highest BCUT2D eigenvalue weighted by atomic mass is 16.5. The molecule has 126 valence electrons. The van der Waals surface area contributed by atoms with Gasteiger partial charge in [0.25, 0.3) is 5.91 Å². The molecule has 1 aromatic heterocycles. The van der Waals surface area contributed by atoms with Crippen molar-refractivity contribution in [3.05, 3.63) is 47.8 Å². The number of aromatic nitrogens is 2. The van der Waals surface area contributed by atoms with E-state index in [4.69, 9.17) is 4.74 Å². The largest absolute Gasteiger partial charge is 0.480 e. The molecule has 0 spiro atoms. The number of carboxylic acids is 1. The summed E-state index contributed by atoms with van der Waals surface area (Å²) in [6.45, 7) is 2.59.